The van der Waals surface area contributed by atoms with Crippen molar-refractivity contribution in [3.63, 3.8) is 0 Å². The van der Waals surface area contributed by atoms with Crippen LogP contribution >= 0.6 is 0 Å². The third-order valence-corrected chi connectivity index (χ3v) is 13.2. The molecule has 3 amide bonds. The van der Waals surface area contributed by atoms with Crippen molar-refractivity contribution in [3.05, 3.63) is 54.1 Å². The van der Waals surface area contributed by atoms with Gasteiger partial charge in [0.2, 0.25) is 18.2 Å². The van der Waals surface area contributed by atoms with Crippen molar-refractivity contribution in [2.45, 2.75) is 128 Å². The quantitative estimate of drug-likeness (QED) is 0.0563. The highest BCUT2D eigenvalue weighted by atomic mass is 19.1. The normalized spacial score (nSPS) is 16.7. The van der Waals surface area contributed by atoms with E-state index in [-0.39, 0.29) is 34.8 Å². The number of imide groups is 1. The highest BCUT2D eigenvalue weighted by Crippen LogP contribution is 2.48. The molecular formula is C48H64FN13O4. The van der Waals surface area contributed by atoms with Gasteiger partial charge in [-0.15, -0.1) is 0 Å². The molecule has 4 N–H and O–H groups in total. The van der Waals surface area contributed by atoms with Gasteiger partial charge in [0.25, 0.3) is 0 Å². The molecular weight excluding hydrogens is 842 g/mol. The number of nitrogens with two attached hydrogens (primary N) is 1. The van der Waals surface area contributed by atoms with Gasteiger partial charge < -0.3 is 25.4 Å². The number of hydrogen-bond acceptors (Lipinski definition) is 14. The summed E-state index contributed by atoms with van der Waals surface area (Å²) in [4.78, 5) is 61.4. The first kappa shape index (κ1) is 46.5. The van der Waals surface area contributed by atoms with Crippen LogP contribution in [0.2, 0.25) is 0 Å². The minimum absolute atomic E-state index is 0.236. The number of rotatable bonds is 19. The van der Waals surface area contributed by atoms with Crippen molar-refractivity contribution in [1.82, 2.24) is 50.0 Å². The zero-order valence-corrected chi connectivity index (χ0v) is 38.8. The van der Waals surface area contributed by atoms with Crippen molar-refractivity contribution in [2.24, 2.45) is 0 Å². The summed E-state index contributed by atoms with van der Waals surface area (Å²) in [5.41, 5.74) is 10.3. The summed E-state index contributed by atoms with van der Waals surface area (Å²) in [7, 11) is 0. The van der Waals surface area contributed by atoms with E-state index >= 15 is 4.39 Å². The highest BCUT2D eigenvalue weighted by Gasteiger charge is 2.37. The molecule has 8 rings (SSSR count). The molecule has 1 atom stereocenters. The van der Waals surface area contributed by atoms with Gasteiger partial charge in [-0.3, -0.25) is 24.6 Å². The Bertz CT molecular complexity index is 2460. The molecule has 3 aliphatic rings. The van der Waals surface area contributed by atoms with E-state index in [0.717, 1.165) is 107 Å². The average Bonchev–Trinajstić information content (AvgIpc) is 3.93. The number of nitrogens with zero attached hydrogens (tertiary/aromatic N) is 10. The molecule has 2 aliphatic heterocycles. The number of nitrogens with one attached hydrogen (secondary N) is 2. The zero-order chi connectivity index (χ0) is 46.4. The number of fused-ring (bicyclic) bond motifs is 1. The van der Waals surface area contributed by atoms with Crippen LogP contribution in [0.25, 0.3) is 33.8 Å². The number of piperazine rings is 1. The Balaban J connectivity index is 0.754. The molecule has 352 valence electrons. The molecule has 18 heteroatoms. The maximum absolute atomic E-state index is 15.6. The van der Waals surface area contributed by atoms with E-state index in [1.54, 1.807) is 18.2 Å². The Morgan fingerprint density at radius 3 is 2.35 bits per heavy atom. The molecule has 17 nitrogen and oxygen atoms in total. The Morgan fingerprint density at radius 1 is 0.924 bits per heavy atom. The molecule has 2 saturated heterocycles. The summed E-state index contributed by atoms with van der Waals surface area (Å²) in [6.07, 6.45) is 16.4. The fraction of sp³-hybridized carbons (Fsp3) is 0.562. The van der Waals surface area contributed by atoms with E-state index in [1.165, 1.54) is 6.33 Å². The van der Waals surface area contributed by atoms with Crippen molar-refractivity contribution < 1.29 is 23.3 Å². The molecule has 1 aliphatic carbocycles. The van der Waals surface area contributed by atoms with Crippen molar-refractivity contribution in [3.8, 4) is 22.8 Å². The summed E-state index contributed by atoms with van der Waals surface area (Å²) < 4.78 is 23.5. The molecule has 1 unspecified atom stereocenters. The molecule has 0 radical (unpaired) electrons. The van der Waals surface area contributed by atoms with Gasteiger partial charge >= 0.3 is 0 Å². The predicted molar refractivity (Wildman–Crippen MR) is 251 cm³/mol. The molecule has 1 saturated carbocycles. The Labute approximate surface area is 385 Å². The number of piperidine rings is 1. The minimum Gasteiger partial charge on any atom is -0.383 e. The molecule has 4 aromatic heterocycles. The minimum atomic E-state index is -0.694. The third-order valence-electron chi connectivity index (χ3n) is 13.2. The third kappa shape index (κ3) is 10.5. The number of benzene rings is 1. The number of anilines is 3. The zero-order valence-electron chi connectivity index (χ0n) is 38.8. The number of halogens is 1. The summed E-state index contributed by atoms with van der Waals surface area (Å²) >= 11 is 0. The van der Waals surface area contributed by atoms with Crippen LogP contribution in [0.3, 0.4) is 0 Å². The van der Waals surface area contributed by atoms with Gasteiger partial charge in [0.1, 0.15) is 29.6 Å². The number of aromatic nitrogens is 7. The standard InChI is InChI=1S/C48H64FN13O4/c1-5-12-35(47(65)55-30-63)56-34-13-11-14-36(40(34)49)60-25-23-59(24-26-60)20-10-8-6-7-9-15-37(64)61-21-18-31(19-22-61)33-27-51-45(52-28-33)38-42(58-66-43(38)32-16-17-32)41-39-44(50)53-29-54-46(39)62(57-41)48(2,3)4/h11,13-14,27-32,35,56H,5-10,12,15-26H2,1-4H3,(H2,50,53,54)(H,55,63,65). The van der Waals surface area contributed by atoms with Gasteiger partial charge in [0.15, 0.2) is 23.0 Å². The van der Waals surface area contributed by atoms with Crippen LogP contribution in [0, 0.1) is 5.82 Å². The Morgan fingerprint density at radius 2 is 1.65 bits per heavy atom. The largest absolute Gasteiger partial charge is 0.383 e. The van der Waals surface area contributed by atoms with Crippen molar-refractivity contribution in [2.75, 3.05) is 61.8 Å². The fourth-order valence-electron chi connectivity index (χ4n) is 9.34. The number of carbonyl (C=O) groups is 3. The molecule has 5 aromatic rings. The van der Waals surface area contributed by atoms with Gasteiger partial charge in [-0.25, -0.2) is 29.0 Å². The predicted octanol–water partition coefficient (Wildman–Crippen LogP) is 7.01. The first-order chi connectivity index (χ1) is 31.9. The number of likely N-dealkylation sites (tertiary alicyclic amines) is 1. The van der Waals surface area contributed by atoms with Gasteiger partial charge in [-0.2, -0.15) is 5.10 Å². The maximum Gasteiger partial charge on any atom is 0.248 e. The van der Waals surface area contributed by atoms with Crippen LogP contribution in [0.1, 0.15) is 128 Å². The first-order valence-corrected chi connectivity index (χ1v) is 23.8. The lowest BCUT2D eigenvalue weighted by atomic mass is 9.91. The van der Waals surface area contributed by atoms with Gasteiger partial charge in [-0.1, -0.05) is 43.8 Å². The number of carbonyl (C=O) groups excluding carboxylic acids is 3. The second-order valence-electron chi connectivity index (χ2n) is 19.0. The van der Waals surface area contributed by atoms with Gasteiger partial charge in [0.05, 0.1) is 27.9 Å². The maximum atomic E-state index is 15.6. The smallest absolute Gasteiger partial charge is 0.248 e. The SMILES string of the molecule is CCCC(Nc1cccc(N2CCN(CCCCCCCC(=O)N3CCC(c4cnc(-c5c(-c6nn(C(C)(C)C)c7ncnc(N)c67)noc5C5CC5)nc4)CC3)CC2)c1F)C(=O)NC=O. The number of unbranched alkanes of at least 4 members (excludes halogenated alkanes) is 4. The second-order valence-corrected chi connectivity index (χ2v) is 19.0. The monoisotopic (exact) mass is 906 g/mol. The number of hydrogen-bond donors (Lipinski definition) is 3. The summed E-state index contributed by atoms with van der Waals surface area (Å²) in [6.45, 7) is 13.7. The van der Waals surface area contributed by atoms with Gasteiger partial charge in [0, 0.05) is 64.0 Å². The van der Waals surface area contributed by atoms with E-state index in [0.29, 0.717) is 78.5 Å². The van der Waals surface area contributed by atoms with Crippen LogP contribution in [0.4, 0.5) is 21.6 Å². The molecule has 0 spiro atoms. The van der Waals surface area contributed by atoms with E-state index < -0.39 is 11.9 Å². The van der Waals surface area contributed by atoms with Gasteiger partial charge in [-0.05, 0) is 95.9 Å². The number of amides is 3. The Kier molecular flexibility index (Phi) is 14.5. The lowest BCUT2D eigenvalue weighted by molar-refractivity contribution is -0.132. The summed E-state index contributed by atoms with van der Waals surface area (Å²) in [6, 6.07) is 4.51. The first-order valence-electron chi connectivity index (χ1n) is 23.8. The molecule has 1 aromatic carbocycles. The van der Waals surface area contributed by atoms with Crippen LogP contribution in [-0.4, -0.2) is 115 Å². The van der Waals surface area contributed by atoms with E-state index in [4.69, 9.17) is 25.3 Å². The lowest BCUT2D eigenvalue weighted by Gasteiger charge is -2.36. The van der Waals surface area contributed by atoms with Crippen molar-refractivity contribution in [1.29, 1.82) is 0 Å². The van der Waals surface area contributed by atoms with E-state index in [2.05, 4.69) is 56.3 Å². The molecule has 0 bridgehead atoms. The van der Waals surface area contributed by atoms with Crippen LogP contribution in [0.5, 0.6) is 0 Å². The molecule has 3 fully saturated rings. The highest BCUT2D eigenvalue weighted by molar-refractivity contribution is 6.00. The second kappa shape index (κ2) is 20.6. The molecule has 6 heterocycles. The van der Waals surface area contributed by atoms with Crippen LogP contribution in [0.15, 0.2) is 41.4 Å². The van der Waals surface area contributed by atoms with Crippen LogP contribution < -0.4 is 21.3 Å². The fourth-order valence-corrected chi connectivity index (χ4v) is 9.34. The summed E-state index contributed by atoms with van der Waals surface area (Å²) in [5.74, 6) is 1.53. The van der Waals surface area contributed by atoms with E-state index in [1.807, 2.05) is 28.9 Å². The van der Waals surface area contributed by atoms with E-state index in [9.17, 15) is 14.4 Å². The van der Waals surface area contributed by atoms with Crippen molar-refractivity contribution >= 4 is 46.5 Å². The average molecular weight is 906 g/mol. The lowest BCUT2D eigenvalue weighted by Crippen LogP contribution is -2.47. The summed E-state index contributed by atoms with van der Waals surface area (Å²) in [5, 5.41) is 15.3. The number of nitrogen functional groups attached to an aromatic ring is 1. The molecule has 66 heavy (non-hydrogen) atoms. The Hall–Kier alpha value is -6.04. The topological polar surface area (TPSA) is 206 Å². The van der Waals surface area contributed by atoms with Crippen LogP contribution in [-0.2, 0) is 19.9 Å².